The Hall–Kier alpha value is 0.520. The molecular weight excluding hydrogens is 252 g/mol. The van der Waals surface area contributed by atoms with Gasteiger partial charge in [-0.25, -0.2) is 0 Å². The van der Waals surface area contributed by atoms with E-state index >= 15 is 0 Å². The minimum atomic E-state index is 0. The van der Waals surface area contributed by atoms with Crippen molar-refractivity contribution in [1.29, 1.82) is 0 Å². The van der Waals surface area contributed by atoms with Crippen LogP contribution in [0.3, 0.4) is 0 Å². The monoisotopic (exact) mass is 259 g/mol. The van der Waals surface area contributed by atoms with Gasteiger partial charge in [-0.3, -0.25) is 0 Å². The van der Waals surface area contributed by atoms with Gasteiger partial charge in [0.05, 0.1) is 0 Å². The van der Waals surface area contributed by atoms with Crippen LogP contribution in [0, 0.1) is 0 Å². The van der Waals surface area contributed by atoms with Crippen LogP contribution in [0.2, 0.25) is 0 Å². The first kappa shape index (κ1) is 16.3. The van der Waals surface area contributed by atoms with Crippen molar-refractivity contribution in [3.63, 3.8) is 0 Å². The molecule has 0 aromatic heterocycles. The summed E-state index contributed by atoms with van der Waals surface area (Å²) in [6.07, 6.45) is 0. The van der Waals surface area contributed by atoms with Gasteiger partial charge in [0.1, 0.15) is 0 Å². The molecule has 59 valence electrons. The number of aliphatic hydroxyl groups excluding tert-OH is 2. The minimum absolute atomic E-state index is 0. The van der Waals surface area contributed by atoms with Crippen LogP contribution < -0.4 is 0 Å². The quantitative estimate of drug-likeness (QED) is 0.514. The van der Waals surface area contributed by atoms with Crippen molar-refractivity contribution in [2.75, 3.05) is 0 Å². The minimum Gasteiger partial charge on any atom is -0.502 e. The third-order valence-electron chi connectivity index (χ3n) is 0. The molecule has 5 heteroatoms. The van der Waals surface area contributed by atoms with Crippen molar-refractivity contribution in [3.8, 4) is 0 Å². The largest absolute Gasteiger partial charge is 0.502 e. The van der Waals surface area contributed by atoms with Crippen LogP contribution in [-0.4, -0.2) is 20.3 Å². The van der Waals surface area contributed by atoms with Crippen molar-refractivity contribution in [2.45, 2.75) is 13.8 Å². The number of aliphatic hydroxyl groups is 2. The third kappa shape index (κ3) is 1340. The van der Waals surface area contributed by atoms with E-state index in [4.69, 9.17) is 10.2 Å². The van der Waals surface area contributed by atoms with Crippen LogP contribution in [0.5, 0.6) is 0 Å². The van der Waals surface area contributed by atoms with Crippen LogP contribution in [0.15, 0.2) is 0 Å². The maximum Gasteiger partial charge on any atom is 0.153 e. The van der Waals surface area contributed by atoms with E-state index in [0.717, 1.165) is 0 Å². The van der Waals surface area contributed by atoms with E-state index < -0.39 is 0 Å². The molecule has 0 amide bonds. The zero-order valence-corrected chi connectivity index (χ0v) is 8.13. The molecule has 0 saturated carbocycles. The maximum absolute atomic E-state index is 7.79. The summed E-state index contributed by atoms with van der Waals surface area (Å²) in [6.45, 7) is 2.91. The molecule has 0 heterocycles. The van der Waals surface area contributed by atoms with E-state index in [-0.39, 0.29) is 32.5 Å². The van der Waals surface area contributed by atoms with Gasteiger partial charge in [0.25, 0.3) is 0 Å². The molecule has 0 bridgehead atoms. The normalized spacial score (nSPS) is 5.56. The molecule has 0 aliphatic carbocycles. The summed E-state index contributed by atoms with van der Waals surface area (Å²) < 4.78 is 0. The molecule has 0 aliphatic rings. The summed E-state index contributed by atoms with van der Waals surface area (Å²) in [6, 6.07) is 0. The second kappa shape index (κ2) is 11.3. The molecule has 0 aliphatic heterocycles. The smallest absolute Gasteiger partial charge is 0.153 e. The van der Waals surface area contributed by atoms with E-state index in [1.807, 2.05) is 0 Å². The second-order valence-corrected chi connectivity index (χ2v) is 2.22. The first-order valence-electron chi connectivity index (χ1n) is 1.86. The van der Waals surface area contributed by atoms with Gasteiger partial charge in [0.15, 0.2) is 10.1 Å². The van der Waals surface area contributed by atoms with Crippen LogP contribution in [-0.2, 0) is 22.4 Å². The predicted molar refractivity (Wildman–Crippen MR) is 41.8 cm³/mol. The molecule has 0 saturated heterocycles. The van der Waals surface area contributed by atoms with E-state index in [2.05, 4.69) is 24.4 Å². The second-order valence-electron chi connectivity index (χ2n) is 1.04. The molecule has 0 fully saturated rings. The average Bonchev–Trinajstić information content (AvgIpc) is 1.25. The van der Waals surface area contributed by atoms with Gasteiger partial charge in [0.2, 0.25) is 0 Å². The number of hydrogen-bond acceptors (Lipinski definition) is 2. The molecular formula is C4H8AgO2S2. The van der Waals surface area contributed by atoms with Gasteiger partial charge >= 0.3 is 0 Å². The Balaban J connectivity index is -0.0000000720. The summed E-state index contributed by atoms with van der Waals surface area (Å²) in [5.41, 5.74) is 0. The summed E-state index contributed by atoms with van der Waals surface area (Å²) in [5.74, 6) is 0. The zero-order chi connectivity index (χ0) is 7.15. The van der Waals surface area contributed by atoms with Crippen molar-refractivity contribution < 1.29 is 32.6 Å². The SMILES string of the molecule is CC(O)=S.CC(O)=S.[Ag]. The fraction of sp³-hybridized carbons (Fsp3) is 0.500. The molecule has 1 radical (unpaired) electrons. The Kier molecular flexibility index (Phi) is 20.5. The molecule has 0 spiro atoms. The van der Waals surface area contributed by atoms with Gasteiger partial charge < -0.3 is 10.2 Å². The number of hydrogen-bond donors (Lipinski definition) is 2. The Bertz CT molecular complexity index is 74.6. The summed E-state index contributed by atoms with van der Waals surface area (Å²) in [5, 5.41) is 15.6. The predicted octanol–water partition coefficient (Wildman–Crippen LogP) is 1.78. The summed E-state index contributed by atoms with van der Waals surface area (Å²) in [7, 11) is 0. The Morgan fingerprint density at radius 2 is 1.00 bits per heavy atom. The Morgan fingerprint density at radius 3 is 1.00 bits per heavy atom. The van der Waals surface area contributed by atoms with E-state index in [1.54, 1.807) is 0 Å². The molecule has 2 N–H and O–H groups in total. The number of rotatable bonds is 0. The molecule has 0 atom stereocenters. The molecule has 2 nitrogen and oxygen atoms in total. The summed E-state index contributed by atoms with van der Waals surface area (Å²) >= 11 is 8.19. The Labute approximate surface area is 80.8 Å². The first-order valence-corrected chi connectivity index (χ1v) is 2.67. The fourth-order valence-corrected chi connectivity index (χ4v) is 0. The average molecular weight is 260 g/mol. The zero-order valence-electron chi connectivity index (χ0n) is 5.01. The van der Waals surface area contributed by atoms with Crippen molar-refractivity contribution in [3.05, 3.63) is 0 Å². The standard InChI is InChI=1S/2C2H4OS.Ag/c2*1-2(3)4;/h2*1H3,(H,3,4);. The molecule has 0 rings (SSSR count). The molecule has 0 unspecified atom stereocenters. The maximum atomic E-state index is 7.79. The number of thiocarbonyl (C=S) groups is 2. The van der Waals surface area contributed by atoms with Crippen molar-refractivity contribution >= 4 is 34.5 Å². The molecule has 0 aromatic rings. The van der Waals surface area contributed by atoms with Gasteiger partial charge in [0, 0.05) is 36.2 Å². The Morgan fingerprint density at radius 1 is 1.00 bits per heavy atom. The first-order chi connectivity index (χ1) is 3.46. The van der Waals surface area contributed by atoms with Crippen molar-refractivity contribution in [2.24, 2.45) is 0 Å². The topological polar surface area (TPSA) is 40.5 Å². The van der Waals surface area contributed by atoms with E-state index in [9.17, 15) is 0 Å². The van der Waals surface area contributed by atoms with Gasteiger partial charge in [-0.1, -0.05) is 0 Å². The van der Waals surface area contributed by atoms with Crippen LogP contribution in [0.25, 0.3) is 0 Å². The van der Waals surface area contributed by atoms with E-state index in [0.29, 0.717) is 0 Å². The molecule has 0 aromatic carbocycles. The van der Waals surface area contributed by atoms with Gasteiger partial charge in [-0.05, 0) is 24.4 Å². The fourth-order valence-electron chi connectivity index (χ4n) is 0. The summed E-state index contributed by atoms with van der Waals surface area (Å²) in [4.78, 5) is 0. The third-order valence-corrected chi connectivity index (χ3v) is 0. The van der Waals surface area contributed by atoms with Crippen LogP contribution in [0.4, 0.5) is 0 Å². The van der Waals surface area contributed by atoms with E-state index in [1.165, 1.54) is 13.8 Å². The molecule has 9 heavy (non-hydrogen) atoms. The van der Waals surface area contributed by atoms with Crippen molar-refractivity contribution in [1.82, 2.24) is 0 Å². The van der Waals surface area contributed by atoms with Gasteiger partial charge in [-0.15, -0.1) is 0 Å². The van der Waals surface area contributed by atoms with Crippen LogP contribution in [0.1, 0.15) is 13.8 Å². The van der Waals surface area contributed by atoms with Crippen LogP contribution >= 0.6 is 24.4 Å². The van der Waals surface area contributed by atoms with Gasteiger partial charge in [-0.2, -0.15) is 0 Å².